The number of hydrogen-bond acceptors (Lipinski definition) is 4. The van der Waals surface area contributed by atoms with Crippen LogP contribution in [-0.2, 0) is 17.8 Å². The molecule has 0 radical (unpaired) electrons. The van der Waals surface area contributed by atoms with E-state index in [0.29, 0.717) is 24.8 Å². The molecule has 1 aromatic heterocycles. The van der Waals surface area contributed by atoms with Crippen LogP contribution in [0.1, 0.15) is 67.9 Å². The molecule has 1 N–H and O–H groups in total. The number of rotatable bonds is 4. The number of carbonyl (C=O) groups is 1. The SMILES string of the molecule is O=C(CCC1CCCC1)N1CCc2nc([C@H]3CCNC3)ncc2C1. The fourth-order valence-electron chi connectivity index (χ4n) is 4.40. The molecule has 4 rings (SSSR count). The van der Waals surface area contributed by atoms with E-state index in [0.717, 1.165) is 61.9 Å². The van der Waals surface area contributed by atoms with Crippen molar-refractivity contribution < 1.29 is 4.79 Å². The molecular formula is C19H28N4O. The van der Waals surface area contributed by atoms with Crippen LogP contribution in [0, 0.1) is 5.92 Å². The monoisotopic (exact) mass is 328 g/mol. The van der Waals surface area contributed by atoms with Crippen LogP contribution in [-0.4, -0.2) is 40.4 Å². The van der Waals surface area contributed by atoms with Crippen LogP contribution in [0.25, 0.3) is 0 Å². The van der Waals surface area contributed by atoms with Crippen molar-refractivity contribution in [2.75, 3.05) is 19.6 Å². The highest BCUT2D eigenvalue weighted by molar-refractivity contribution is 5.76. The van der Waals surface area contributed by atoms with Crippen molar-refractivity contribution >= 4 is 5.91 Å². The molecule has 1 amide bonds. The summed E-state index contributed by atoms with van der Waals surface area (Å²) in [5.74, 6) is 2.55. The molecule has 0 bridgehead atoms. The van der Waals surface area contributed by atoms with Gasteiger partial charge in [-0.15, -0.1) is 0 Å². The van der Waals surface area contributed by atoms with Gasteiger partial charge in [-0.05, 0) is 25.3 Å². The second-order valence-corrected chi connectivity index (χ2v) is 7.64. The van der Waals surface area contributed by atoms with Crippen molar-refractivity contribution in [1.29, 1.82) is 0 Å². The van der Waals surface area contributed by atoms with Gasteiger partial charge in [0.15, 0.2) is 0 Å². The molecule has 1 aromatic rings. The van der Waals surface area contributed by atoms with Gasteiger partial charge < -0.3 is 10.2 Å². The molecule has 2 fully saturated rings. The Morgan fingerprint density at radius 2 is 2.17 bits per heavy atom. The van der Waals surface area contributed by atoms with Crippen LogP contribution < -0.4 is 5.32 Å². The minimum absolute atomic E-state index is 0.316. The lowest BCUT2D eigenvalue weighted by molar-refractivity contribution is -0.132. The minimum Gasteiger partial charge on any atom is -0.338 e. The zero-order chi connectivity index (χ0) is 16.4. The lowest BCUT2D eigenvalue weighted by Crippen LogP contribution is -2.36. The first-order valence-corrected chi connectivity index (χ1v) is 9.63. The maximum absolute atomic E-state index is 12.5. The molecule has 1 saturated heterocycles. The topological polar surface area (TPSA) is 58.1 Å². The smallest absolute Gasteiger partial charge is 0.222 e. The fraction of sp³-hybridized carbons (Fsp3) is 0.737. The van der Waals surface area contributed by atoms with Gasteiger partial charge in [-0.25, -0.2) is 9.97 Å². The maximum atomic E-state index is 12.5. The van der Waals surface area contributed by atoms with Gasteiger partial charge in [0.05, 0.1) is 5.69 Å². The first kappa shape index (κ1) is 16.0. The van der Waals surface area contributed by atoms with E-state index in [1.807, 2.05) is 11.1 Å². The molecule has 0 aromatic carbocycles. The van der Waals surface area contributed by atoms with Gasteiger partial charge in [-0.1, -0.05) is 25.7 Å². The number of fused-ring (bicyclic) bond motifs is 1. The molecule has 0 unspecified atom stereocenters. The molecule has 1 aliphatic carbocycles. The number of hydrogen-bond donors (Lipinski definition) is 1. The Hall–Kier alpha value is -1.49. The molecule has 5 nitrogen and oxygen atoms in total. The predicted molar refractivity (Wildman–Crippen MR) is 92.6 cm³/mol. The summed E-state index contributed by atoms with van der Waals surface area (Å²) in [5.41, 5.74) is 2.30. The third kappa shape index (κ3) is 3.46. The van der Waals surface area contributed by atoms with Gasteiger partial charge >= 0.3 is 0 Å². The molecule has 3 aliphatic rings. The van der Waals surface area contributed by atoms with Gasteiger partial charge in [0.2, 0.25) is 5.91 Å². The first-order chi connectivity index (χ1) is 11.8. The summed E-state index contributed by atoms with van der Waals surface area (Å²) in [6.45, 7) is 3.57. The van der Waals surface area contributed by atoms with Gasteiger partial charge in [0.25, 0.3) is 0 Å². The number of carbonyl (C=O) groups excluding carboxylic acids is 1. The van der Waals surface area contributed by atoms with E-state index in [-0.39, 0.29) is 0 Å². The lowest BCUT2D eigenvalue weighted by atomic mass is 10.0. The van der Waals surface area contributed by atoms with Crippen LogP contribution in [0.15, 0.2) is 6.20 Å². The van der Waals surface area contributed by atoms with E-state index in [1.54, 1.807) is 0 Å². The Labute approximate surface area is 144 Å². The summed E-state index contributed by atoms with van der Waals surface area (Å²) < 4.78 is 0. The fourth-order valence-corrected chi connectivity index (χ4v) is 4.40. The predicted octanol–water partition coefficient (Wildman–Crippen LogP) is 2.41. The number of nitrogens with one attached hydrogen (secondary N) is 1. The Bertz CT molecular complexity index is 591. The summed E-state index contributed by atoms with van der Waals surface area (Å²) >= 11 is 0. The standard InChI is InChI=1S/C19H28N4O/c24-18(6-5-14-3-1-2-4-14)23-10-8-17-16(13-23)12-21-19(22-17)15-7-9-20-11-15/h12,14-15,20H,1-11,13H2/t15-/m0/s1. The van der Waals surface area contributed by atoms with Crippen molar-refractivity contribution in [2.45, 2.75) is 63.8 Å². The van der Waals surface area contributed by atoms with Crippen molar-refractivity contribution in [3.8, 4) is 0 Å². The average molecular weight is 328 g/mol. The molecule has 2 aliphatic heterocycles. The van der Waals surface area contributed by atoms with Gasteiger partial charge in [-0.3, -0.25) is 4.79 Å². The highest BCUT2D eigenvalue weighted by Crippen LogP contribution is 2.29. The molecule has 1 atom stereocenters. The lowest BCUT2D eigenvalue weighted by Gasteiger charge is -2.29. The van der Waals surface area contributed by atoms with E-state index < -0.39 is 0 Å². The minimum atomic E-state index is 0.316. The van der Waals surface area contributed by atoms with E-state index in [9.17, 15) is 4.79 Å². The van der Waals surface area contributed by atoms with Crippen molar-refractivity contribution in [3.63, 3.8) is 0 Å². The Kier molecular flexibility index (Phi) is 4.79. The highest BCUT2D eigenvalue weighted by atomic mass is 16.2. The van der Waals surface area contributed by atoms with Crippen molar-refractivity contribution in [2.24, 2.45) is 5.92 Å². The van der Waals surface area contributed by atoms with E-state index in [1.165, 1.54) is 25.7 Å². The van der Waals surface area contributed by atoms with Crippen LogP contribution in [0.5, 0.6) is 0 Å². The number of aromatic nitrogens is 2. The van der Waals surface area contributed by atoms with Crippen molar-refractivity contribution in [3.05, 3.63) is 23.3 Å². The van der Waals surface area contributed by atoms with E-state index in [4.69, 9.17) is 4.98 Å². The van der Waals surface area contributed by atoms with Gasteiger partial charge in [0, 0.05) is 50.2 Å². The Morgan fingerprint density at radius 1 is 1.29 bits per heavy atom. The molecule has 130 valence electrons. The molecule has 1 saturated carbocycles. The normalized spacial score (nSPS) is 24.3. The van der Waals surface area contributed by atoms with Crippen molar-refractivity contribution in [1.82, 2.24) is 20.2 Å². The Morgan fingerprint density at radius 3 is 2.96 bits per heavy atom. The van der Waals surface area contributed by atoms with Crippen LogP contribution in [0.3, 0.4) is 0 Å². The largest absolute Gasteiger partial charge is 0.338 e. The molecule has 5 heteroatoms. The third-order valence-electron chi connectivity index (χ3n) is 5.97. The van der Waals surface area contributed by atoms with Gasteiger partial charge in [0.1, 0.15) is 5.82 Å². The van der Waals surface area contributed by atoms with Crippen LogP contribution >= 0.6 is 0 Å². The molecule has 3 heterocycles. The summed E-state index contributed by atoms with van der Waals surface area (Å²) in [6, 6.07) is 0. The average Bonchev–Trinajstić information content (AvgIpc) is 3.32. The van der Waals surface area contributed by atoms with Crippen LogP contribution in [0.2, 0.25) is 0 Å². The molecule has 0 spiro atoms. The summed E-state index contributed by atoms with van der Waals surface area (Å²) in [5, 5.41) is 3.38. The zero-order valence-corrected chi connectivity index (χ0v) is 14.5. The summed E-state index contributed by atoms with van der Waals surface area (Å²) in [7, 11) is 0. The Balaban J connectivity index is 1.35. The number of amides is 1. The van der Waals surface area contributed by atoms with Crippen LogP contribution in [0.4, 0.5) is 0 Å². The molecular weight excluding hydrogens is 300 g/mol. The second-order valence-electron chi connectivity index (χ2n) is 7.64. The summed E-state index contributed by atoms with van der Waals surface area (Å²) in [4.78, 5) is 23.9. The summed E-state index contributed by atoms with van der Waals surface area (Å²) in [6.07, 6.45) is 11.1. The first-order valence-electron chi connectivity index (χ1n) is 9.63. The highest BCUT2D eigenvalue weighted by Gasteiger charge is 2.25. The van der Waals surface area contributed by atoms with Gasteiger partial charge in [-0.2, -0.15) is 0 Å². The van der Waals surface area contributed by atoms with E-state index in [2.05, 4.69) is 10.3 Å². The zero-order valence-electron chi connectivity index (χ0n) is 14.5. The maximum Gasteiger partial charge on any atom is 0.222 e. The quantitative estimate of drug-likeness (QED) is 0.922. The molecule has 24 heavy (non-hydrogen) atoms. The number of nitrogens with zero attached hydrogens (tertiary/aromatic N) is 3. The third-order valence-corrected chi connectivity index (χ3v) is 5.97. The second kappa shape index (κ2) is 7.18. The van der Waals surface area contributed by atoms with E-state index >= 15 is 0 Å².